The van der Waals surface area contributed by atoms with Gasteiger partial charge in [0, 0.05) is 18.1 Å². The Bertz CT molecular complexity index is 479. The summed E-state index contributed by atoms with van der Waals surface area (Å²) in [5, 5.41) is 0. The molecule has 1 aromatic carbocycles. The van der Waals surface area contributed by atoms with Gasteiger partial charge in [-0.3, -0.25) is 0 Å². The molecular formula is C11H11N3O2. The Morgan fingerprint density at radius 1 is 1.38 bits per heavy atom. The first-order chi connectivity index (χ1) is 7.77. The first-order valence-electron chi connectivity index (χ1n) is 4.77. The molecule has 1 heterocycles. The first-order valence-corrected chi connectivity index (χ1v) is 4.77. The molecule has 5 heteroatoms. The third kappa shape index (κ3) is 2.20. The molecule has 0 saturated heterocycles. The van der Waals surface area contributed by atoms with Gasteiger partial charge >= 0.3 is 6.09 Å². The molecule has 16 heavy (non-hydrogen) atoms. The van der Waals surface area contributed by atoms with Crippen LogP contribution in [-0.4, -0.2) is 15.6 Å². The van der Waals surface area contributed by atoms with Crippen molar-refractivity contribution >= 4 is 6.09 Å². The SMILES string of the molecule is NC(=O)OCc1nccn1-c1ccccc1. The third-order valence-corrected chi connectivity index (χ3v) is 2.10. The summed E-state index contributed by atoms with van der Waals surface area (Å²) in [6, 6.07) is 9.66. The number of amides is 1. The van der Waals surface area contributed by atoms with E-state index in [0.29, 0.717) is 5.82 Å². The second kappa shape index (κ2) is 4.48. The highest BCUT2D eigenvalue weighted by Crippen LogP contribution is 2.10. The van der Waals surface area contributed by atoms with Gasteiger partial charge in [0.25, 0.3) is 0 Å². The molecule has 0 bridgehead atoms. The lowest BCUT2D eigenvalue weighted by Gasteiger charge is -2.07. The van der Waals surface area contributed by atoms with E-state index in [4.69, 9.17) is 10.5 Å². The predicted molar refractivity (Wildman–Crippen MR) is 57.9 cm³/mol. The van der Waals surface area contributed by atoms with Crippen LogP contribution in [0.4, 0.5) is 4.79 Å². The highest BCUT2D eigenvalue weighted by molar-refractivity contribution is 5.64. The molecule has 2 rings (SSSR count). The zero-order chi connectivity index (χ0) is 11.4. The second-order valence-electron chi connectivity index (χ2n) is 3.16. The molecule has 0 aliphatic carbocycles. The fourth-order valence-corrected chi connectivity index (χ4v) is 1.40. The zero-order valence-corrected chi connectivity index (χ0v) is 8.54. The summed E-state index contributed by atoms with van der Waals surface area (Å²) in [4.78, 5) is 14.6. The lowest BCUT2D eigenvalue weighted by molar-refractivity contribution is 0.146. The van der Waals surface area contributed by atoms with Crippen molar-refractivity contribution in [1.82, 2.24) is 9.55 Å². The van der Waals surface area contributed by atoms with Crippen LogP contribution in [0.5, 0.6) is 0 Å². The molecule has 1 amide bonds. The average Bonchev–Trinajstić information content (AvgIpc) is 2.75. The number of carbonyl (C=O) groups is 1. The monoisotopic (exact) mass is 217 g/mol. The number of para-hydroxylation sites is 1. The number of hydrogen-bond acceptors (Lipinski definition) is 3. The van der Waals surface area contributed by atoms with Crippen molar-refractivity contribution in [3.8, 4) is 5.69 Å². The van der Waals surface area contributed by atoms with Crippen molar-refractivity contribution in [2.24, 2.45) is 5.73 Å². The van der Waals surface area contributed by atoms with Crippen LogP contribution in [0.15, 0.2) is 42.7 Å². The van der Waals surface area contributed by atoms with Crippen LogP contribution < -0.4 is 5.73 Å². The zero-order valence-electron chi connectivity index (χ0n) is 8.54. The molecule has 0 saturated carbocycles. The van der Waals surface area contributed by atoms with Crippen molar-refractivity contribution in [1.29, 1.82) is 0 Å². The first kappa shape index (κ1) is 10.2. The number of rotatable bonds is 3. The molecule has 0 atom stereocenters. The van der Waals surface area contributed by atoms with E-state index in [-0.39, 0.29) is 6.61 Å². The van der Waals surface area contributed by atoms with Gasteiger partial charge in [-0.05, 0) is 12.1 Å². The Morgan fingerprint density at radius 3 is 2.81 bits per heavy atom. The molecule has 0 aliphatic heterocycles. The number of nitrogens with two attached hydrogens (primary N) is 1. The van der Waals surface area contributed by atoms with Gasteiger partial charge in [-0.15, -0.1) is 0 Å². The number of primary amides is 1. The molecule has 0 aliphatic rings. The van der Waals surface area contributed by atoms with E-state index >= 15 is 0 Å². The number of benzene rings is 1. The normalized spacial score (nSPS) is 10.0. The lowest BCUT2D eigenvalue weighted by atomic mass is 10.3. The third-order valence-electron chi connectivity index (χ3n) is 2.10. The molecular weight excluding hydrogens is 206 g/mol. The van der Waals surface area contributed by atoms with E-state index in [1.54, 1.807) is 12.4 Å². The molecule has 1 aromatic heterocycles. The van der Waals surface area contributed by atoms with Gasteiger partial charge in [0.2, 0.25) is 0 Å². The van der Waals surface area contributed by atoms with Crippen molar-refractivity contribution in [2.45, 2.75) is 6.61 Å². The molecule has 82 valence electrons. The lowest BCUT2D eigenvalue weighted by Crippen LogP contribution is -2.14. The average molecular weight is 217 g/mol. The van der Waals surface area contributed by atoms with Crippen molar-refractivity contribution in [3.05, 3.63) is 48.5 Å². The number of carbonyl (C=O) groups excluding carboxylic acids is 1. The van der Waals surface area contributed by atoms with Crippen molar-refractivity contribution < 1.29 is 9.53 Å². The summed E-state index contributed by atoms with van der Waals surface area (Å²) in [6.45, 7) is 0.0667. The fourth-order valence-electron chi connectivity index (χ4n) is 1.40. The summed E-state index contributed by atoms with van der Waals surface area (Å²) in [5.41, 5.74) is 5.86. The fraction of sp³-hybridized carbons (Fsp3) is 0.0909. The summed E-state index contributed by atoms with van der Waals surface area (Å²) in [5.74, 6) is 0.630. The smallest absolute Gasteiger partial charge is 0.404 e. The van der Waals surface area contributed by atoms with Crippen LogP contribution in [0.3, 0.4) is 0 Å². The van der Waals surface area contributed by atoms with Gasteiger partial charge in [-0.25, -0.2) is 9.78 Å². The summed E-state index contributed by atoms with van der Waals surface area (Å²) in [7, 11) is 0. The van der Waals surface area contributed by atoms with Gasteiger partial charge in [0.1, 0.15) is 0 Å². The number of hydrogen-bond donors (Lipinski definition) is 1. The highest BCUT2D eigenvalue weighted by Gasteiger charge is 2.05. The maximum atomic E-state index is 10.5. The number of aromatic nitrogens is 2. The van der Waals surface area contributed by atoms with E-state index in [1.165, 1.54) is 0 Å². The van der Waals surface area contributed by atoms with Gasteiger partial charge < -0.3 is 15.0 Å². The Morgan fingerprint density at radius 2 is 2.12 bits per heavy atom. The van der Waals surface area contributed by atoms with Crippen LogP contribution in [-0.2, 0) is 11.3 Å². The number of ether oxygens (including phenoxy) is 1. The minimum absolute atomic E-state index is 0.0667. The largest absolute Gasteiger partial charge is 0.442 e. The van der Waals surface area contributed by atoms with Gasteiger partial charge in [0.15, 0.2) is 12.4 Å². The van der Waals surface area contributed by atoms with Gasteiger partial charge in [-0.1, -0.05) is 18.2 Å². The standard InChI is InChI=1S/C11H11N3O2/c12-11(15)16-8-10-13-6-7-14(10)9-4-2-1-3-5-9/h1-7H,8H2,(H2,12,15). The van der Waals surface area contributed by atoms with Crippen LogP contribution in [0.1, 0.15) is 5.82 Å². The Kier molecular flexibility index (Phi) is 2.86. The van der Waals surface area contributed by atoms with Crippen LogP contribution in [0.2, 0.25) is 0 Å². The summed E-state index contributed by atoms with van der Waals surface area (Å²) in [6.07, 6.45) is 2.64. The Hall–Kier alpha value is -2.30. The Labute approximate surface area is 92.5 Å². The van der Waals surface area contributed by atoms with E-state index in [1.807, 2.05) is 34.9 Å². The minimum Gasteiger partial charge on any atom is -0.442 e. The van der Waals surface area contributed by atoms with Crippen molar-refractivity contribution in [3.63, 3.8) is 0 Å². The summed E-state index contributed by atoms with van der Waals surface area (Å²) < 4.78 is 6.54. The summed E-state index contributed by atoms with van der Waals surface area (Å²) >= 11 is 0. The van der Waals surface area contributed by atoms with E-state index < -0.39 is 6.09 Å². The van der Waals surface area contributed by atoms with Gasteiger partial charge in [0.05, 0.1) is 0 Å². The maximum Gasteiger partial charge on any atom is 0.404 e. The number of nitrogens with zero attached hydrogens (tertiary/aromatic N) is 2. The maximum absolute atomic E-state index is 10.5. The minimum atomic E-state index is -0.803. The molecule has 0 spiro atoms. The second-order valence-corrected chi connectivity index (χ2v) is 3.16. The molecule has 2 N–H and O–H groups in total. The molecule has 0 fully saturated rings. The molecule has 2 aromatic rings. The van der Waals surface area contributed by atoms with Crippen LogP contribution >= 0.6 is 0 Å². The number of imidazole rings is 1. The van der Waals surface area contributed by atoms with E-state index in [9.17, 15) is 4.79 Å². The highest BCUT2D eigenvalue weighted by atomic mass is 16.5. The van der Waals surface area contributed by atoms with Gasteiger partial charge in [-0.2, -0.15) is 0 Å². The van der Waals surface area contributed by atoms with Crippen LogP contribution in [0, 0.1) is 0 Å². The quantitative estimate of drug-likeness (QED) is 0.846. The van der Waals surface area contributed by atoms with E-state index in [0.717, 1.165) is 5.69 Å². The van der Waals surface area contributed by atoms with Crippen LogP contribution in [0.25, 0.3) is 5.69 Å². The molecule has 0 radical (unpaired) electrons. The Balaban J connectivity index is 2.23. The van der Waals surface area contributed by atoms with E-state index in [2.05, 4.69) is 4.98 Å². The molecule has 0 unspecified atom stereocenters. The van der Waals surface area contributed by atoms with Crippen molar-refractivity contribution in [2.75, 3.05) is 0 Å². The molecule has 5 nitrogen and oxygen atoms in total. The topological polar surface area (TPSA) is 70.1 Å². The predicted octanol–water partition coefficient (Wildman–Crippen LogP) is 1.47.